The van der Waals surface area contributed by atoms with Crippen LogP contribution in [0.5, 0.6) is 0 Å². The second kappa shape index (κ2) is 5.78. The highest BCUT2D eigenvalue weighted by molar-refractivity contribution is 7.10. The van der Waals surface area contributed by atoms with Gasteiger partial charge in [0.05, 0.1) is 6.54 Å². The lowest BCUT2D eigenvalue weighted by molar-refractivity contribution is -0.121. The van der Waals surface area contributed by atoms with Crippen molar-refractivity contribution in [3.05, 3.63) is 21.9 Å². The second-order valence-electron chi connectivity index (χ2n) is 3.20. The summed E-state index contributed by atoms with van der Waals surface area (Å²) in [6, 6.07) is 2.06. The highest BCUT2D eigenvalue weighted by Crippen LogP contribution is 2.14. The van der Waals surface area contributed by atoms with Crippen LogP contribution in [0.2, 0.25) is 0 Å². The van der Waals surface area contributed by atoms with E-state index in [1.165, 1.54) is 10.4 Å². The van der Waals surface area contributed by atoms with Gasteiger partial charge < -0.3 is 11.1 Å². The van der Waals surface area contributed by atoms with Crippen LogP contribution in [-0.2, 0) is 11.3 Å². The molecule has 0 fully saturated rings. The second-order valence-corrected chi connectivity index (χ2v) is 4.20. The van der Waals surface area contributed by atoms with Gasteiger partial charge in [0.2, 0.25) is 5.91 Å². The molecule has 3 N–H and O–H groups in total. The van der Waals surface area contributed by atoms with E-state index >= 15 is 0 Å². The number of hydrogen-bond acceptors (Lipinski definition) is 3. The van der Waals surface area contributed by atoms with Gasteiger partial charge in [-0.15, -0.1) is 11.3 Å². The summed E-state index contributed by atoms with van der Waals surface area (Å²) < 4.78 is 0. The Morgan fingerprint density at radius 3 is 3.00 bits per heavy atom. The zero-order valence-electron chi connectivity index (χ0n) is 8.38. The van der Waals surface area contributed by atoms with Crippen LogP contribution in [0, 0.1) is 6.92 Å². The molecule has 0 saturated heterocycles. The molecule has 1 aromatic heterocycles. The summed E-state index contributed by atoms with van der Waals surface area (Å²) in [6.07, 6.45) is 1.29. The molecular weight excluding hydrogens is 196 g/mol. The first-order valence-corrected chi connectivity index (χ1v) is 5.61. The van der Waals surface area contributed by atoms with Crippen LogP contribution in [-0.4, -0.2) is 12.5 Å². The summed E-state index contributed by atoms with van der Waals surface area (Å²) in [6.45, 7) is 3.27. The molecule has 0 bridgehead atoms. The SMILES string of the molecule is Cc1ccsc1CNC(=O)CCCN. The smallest absolute Gasteiger partial charge is 0.220 e. The van der Waals surface area contributed by atoms with Crippen LogP contribution in [0.25, 0.3) is 0 Å². The minimum atomic E-state index is 0.0863. The Labute approximate surface area is 88.3 Å². The average Bonchev–Trinajstić information content (AvgIpc) is 2.58. The maximum absolute atomic E-state index is 11.2. The Morgan fingerprint density at radius 1 is 1.64 bits per heavy atom. The van der Waals surface area contributed by atoms with Crippen molar-refractivity contribution in [2.75, 3.05) is 6.54 Å². The van der Waals surface area contributed by atoms with Gasteiger partial charge in [-0.25, -0.2) is 0 Å². The molecule has 78 valence electrons. The van der Waals surface area contributed by atoms with Crippen molar-refractivity contribution >= 4 is 17.2 Å². The number of carbonyl (C=O) groups excluding carboxylic acids is 1. The summed E-state index contributed by atoms with van der Waals surface area (Å²) >= 11 is 1.68. The van der Waals surface area contributed by atoms with Crippen molar-refractivity contribution in [1.29, 1.82) is 0 Å². The maximum atomic E-state index is 11.2. The van der Waals surface area contributed by atoms with Gasteiger partial charge in [0.15, 0.2) is 0 Å². The van der Waals surface area contributed by atoms with Crippen LogP contribution in [0.1, 0.15) is 23.3 Å². The van der Waals surface area contributed by atoms with E-state index in [4.69, 9.17) is 5.73 Å². The number of aryl methyl sites for hydroxylation is 1. The average molecular weight is 212 g/mol. The van der Waals surface area contributed by atoms with Crippen LogP contribution >= 0.6 is 11.3 Å². The molecule has 4 heteroatoms. The molecule has 1 rings (SSSR count). The van der Waals surface area contributed by atoms with E-state index in [2.05, 4.69) is 18.3 Å². The zero-order chi connectivity index (χ0) is 10.4. The predicted molar refractivity (Wildman–Crippen MR) is 59.2 cm³/mol. The first-order chi connectivity index (χ1) is 6.74. The van der Waals surface area contributed by atoms with Crippen molar-refractivity contribution in [3.63, 3.8) is 0 Å². The number of nitrogens with two attached hydrogens (primary N) is 1. The molecule has 0 aromatic carbocycles. The Hall–Kier alpha value is -0.870. The Kier molecular flexibility index (Phi) is 4.62. The van der Waals surface area contributed by atoms with E-state index in [-0.39, 0.29) is 5.91 Å². The molecule has 0 spiro atoms. The molecule has 1 amide bonds. The zero-order valence-corrected chi connectivity index (χ0v) is 9.19. The molecule has 1 aromatic rings. The molecule has 0 radical (unpaired) electrons. The minimum Gasteiger partial charge on any atom is -0.351 e. The molecule has 3 nitrogen and oxygen atoms in total. The number of carbonyl (C=O) groups is 1. The first-order valence-electron chi connectivity index (χ1n) is 4.73. The summed E-state index contributed by atoms with van der Waals surface area (Å²) in [4.78, 5) is 12.5. The molecule has 1 heterocycles. The lowest BCUT2D eigenvalue weighted by Gasteiger charge is -2.03. The van der Waals surface area contributed by atoms with Crippen molar-refractivity contribution in [2.24, 2.45) is 5.73 Å². The van der Waals surface area contributed by atoms with Crippen molar-refractivity contribution in [1.82, 2.24) is 5.32 Å². The largest absolute Gasteiger partial charge is 0.351 e. The molecule has 0 aliphatic carbocycles. The van der Waals surface area contributed by atoms with E-state index in [9.17, 15) is 4.79 Å². The number of thiophene rings is 1. The summed E-state index contributed by atoms with van der Waals surface area (Å²) in [5, 5.41) is 4.92. The Bertz CT molecular complexity index is 296. The van der Waals surface area contributed by atoms with E-state index in [0.717, 1.165) is 6.42 Å². The van der Waals surface area contributed by atoms with Gasteiger partial charge in [0, 0.05) is 11.3 Å². The number of rotatable bonds is 5. The van der Waals surface area contributed by atoms with Gasteiger partial charge in [0.25, 0.3) is 0 Å². The fourth-order valence-electron chi connectivity index (χ4n) is 1.12. The summed E-state index contributed by atoms with van der Waals surface area (Å²) in [5.41, 5.74) is 6.56. The Morgan fingerprint density at radius 2 is 2.43 bits per heavy atom. The van der Waals surface area contributed by atoms with Crippen LogP contribution < -0.4 is 11.1 Å². The molecule has 0 aliphatic heterocycles. The molecule has 0 atom stereocenters. The first kappa shape index (κ1) is 11.2. The third-order valence-electron chi connectivity index (χ3n) is 2.02. The van der Waals surface area contributed by atoms with Gasteiger partial charge in [-0.3, -0.25) is 4.79 Å². The highest BCUT2D eigenvalue weighted by Gasteiger charge is 2.02. The summed E-state index contributed by atoms with van der Waals surface area (Å²) in [7, 11) is 0. The van der Waals surface area contributed by atoms with E-state index in [1.807, 2.05) is 5.38 Å². The molecule has 0 unspecified atom stereocenters. The third kappa shape index (κ3) is 3.47. The lowest BCUT2D eigenvalue weighted by atomic mass is 10.2. The molecule has 0 saturated carbocycles. The quantitative estimate of drug-likeness (QED) is 0.775. The van der Waals surface area contributed by atoms with Gasteiger partial charge >= 0.3 is 0 Å². The van der Waals surface area contributed by atoms with Crippen LogP contribution in [0.4, 0.5) is 0 Å². The van der Waals surface area contributed by atoms with Crippen molar-refractivity contribution in [2.45, 2.75) is 26.3 Å². The topological polar surface area (TPSA) is 55.1 Å². The molecule has 14 heavy (non-hydrogen) atoms. The van der Waals surface area contributed by atoms with E-state index < -0.39 is 0 Å². The number of hydrogen-bond donors (Lipinski definition) is 2. The maximum Gasteiger partial charge on any atom is 0.220 e. The monoisotopic (exact) mass is 212 g/mol. The van der Waals surface area contributed by atoms with Gasteiger partial charge in [-0.1, -0.05) is 0 Å². The van der Waals surface area contributed by atoms with E-state index in [1.54, 1.807) is 11.3 Å². The van der Waals surface area contributed by atoms with Gasteiger partial charge in [0.1, 0.15) is 0 Å². The van der Waals surface area contributed by atoms with E-state index in [0.29, 0.717) is 19.5 Å². The molecule has 0 aliphatic rings. The number of amides is 1. The molecular formula is C10H16N2OS. The van der Waals surface area contributed by atoms with Crippen molar-refractivity contribution < 1.29 is 4.79 Å². The third-order valence-corrected chi connectivity index (χ3v) is 3.05. The standard InChI is InChI=1S/C10H16N2OS/c1-8-4-6-14-9(8)7-12-10(13)3-2-5-11/h4,6H,2-3,5,7,11H2,1H3,(H,12,13). The fourth-order valence-corrected chi connectivity index (χ4v) is 1.96. The predicted octanol–water partition coefficient (Wildman–Crippen LogP) is 1.41. The van der Waals surface area contributed by atoms with Crippen LogP contribution in [0.3, 0.4) is 0 Å². The normalized spacial score (nSPS) is 10.1. The summed E-state index contributed by atoms with van der Waals surface area (Å²) in [5.74, 6) is 0.0863. The number of nitrogens with one attached hydrogen (secondary N) is 1. The van der Waals surface area contributed by atoms with Gasteiger partial charge in [-0.2, -0.15) is 0 Å². The Balaban J connectivity index is 2.27. The van der Waals surface area contributed by atoms with Crippen LogP contribution in [0.15, 0.2) is 11.4 Å². The fraction of sp³-hybridized carbons (Fsp3) is 0.500. The highest BCUT2D eigenvalue weighted by atomic mass is 32.1. The van der Waals surface area contributed by atoms with Gasteiger partial charge in [-0.05, 0) is 36.9 Å². The van der Waals surface area contributed by atoms with Crippen molar-refractivity contribution in [3.8, 4) is 0 Å². The lowest BCUT2D eigenvalue weighted by Crippen LogP contribution is -2.23. The minimum absolute atomic E-state index is 0.0863.